The van der Waals surface area contributed by atoms with Gasteiger partial charge in [0, 0.05) is 6.42 Å². The van der Waals surface area contributed by atoms with Gasteiger partial charge >= 0.3 is 5.97 Å². The van der Waals surface area contributed by atoms with Crippen molar-refractivity contribution in [3.8, 4) is 11.8 Å². The highest BCUT2D eigenvalue weighted by Gasteiger charge is 2.26. The molecule has 90 valence electrons. The zero-order valence-electron chi connectivity index (χ0n) is 10.5. The highest BCUT2D eigenvalue weighted by molar-refractivity contribution is 6.69. The number of hydrogen-bond donors (Lipinski definition) is 0. The first-order chi connectivity index (χ1) is 7.40. The summed E-state index contributed by atoms with van der Waals surface area (Å²) in [7, 11) is -1.77. The van der Waals surface area contributed by atoms with Crippen LogP contribution in [-0.4, -0.2) is 27.0 Å². The second-order valence-corrected chi connectivity index (χ2v) is 8.66. The molecule has 0 aromatic rings. The Balaban J connectivity index is 4.49. The van der Waals surface area contributed by atoms with Crippen LogP contribution in [0, 0.1) is 11.8 Å². The summed E-state index contributed by atoms with van der Waals surface area (Å²) in [5.41, 5.74) is 0. The van der Waals surface area contributed by atoms with Crippen LogP contribution >= 0.6 is 0 Å². The van der Waals surface area contributed by atoms with Gasteiger partial charge < -0.3 is 9.16 Å². The summed E-state index contributed by atoms with van der Waals surface area (Å²) in [6.07, 6.45) is 1.28. The number of rotatable bonds is 5. The van der Waals surface area contributed by atoms with E-state index in [1.807, 2.05) is 19.6 Å². The SMILES string of the molecule is C=CC#CC[C@H](O[Si](C)(C)C)C(=O)OCC. The number of carbonyl (C=O) groups is 1. The zero-order valence-corrected chi connectivity index (χ0v) is 11.5. The molecule has 0 amide bonds. The Morgan fingerprint density at radius 2 is 2.12 bits per heavy atom. The Morgan fingerprint density at radius 1 is 1.50 bits per heavy atom. The molecule has 0 unspecified atom stereocenters. The molecular formula is C12H20O3Si. The third kappa shape index (κ3) is 7.27. The Hall–Kier alpha value is -1.05. The Kier molecular flexibility index (Phi) is 6.78. The van der Waals surface area contributed by atoms with Gasteiger partial charge in [-0.25, -0.2) is 4.79 Å². The van der Waals surface area contributed by atoms with Gasteiger partial charge in [-0.15, -0.1) is 0 Å². The zero-order chi connectivity index (χ0) is 12.6. The summed E-state index contributed by atoms with van der Waals surface area (Å²) in [6, 6.07) is 0. The molecule has 0 aliphatic carbocycles. The minimum atomic E-state index is -1.77. The van der Waals surface area contributed by atoms with E-state index < -0.39 is 14.4 Å². The van der Waals surface area contributed by atoms with Crippen LogP contribution in [0.15, 0.2) is 12.7 Å². The molecule has 0 saturated carbocycles. The summed E-state index contributed by atoms with van der Waals surface area (Å²) in [5.74, 6) is 5.20. The van der Waals surface area contributed by atoms with Crippen LogP contribution < -0.4 is 0 Å². The molecule has 4 heteroatoms. The molecular weight excluding hydrogens is 220 g/mol. The van der Waals surface area contributed by atoms with Crippen molar-refractivity contribution in [1.29, 1.82) is 0 Å². The van der Waals surface area contributed by atoms with Crippen LogP contribution in [0.3, 0.4) is 0 Å². The van der Waals surface area contributed by atoms with E-state index in [9.17, 15) is 4.79 Å². The van der Waals surface area contributed by atoms with Crippen molar-refractivity contribution in [2.75, 3.05) is 6.61 Å². The molecule has 0 aromatic heterocycles. The summed E-state index contributed by atoms with van der Waals surface area (Å²) in [4.78, 5) is 11.6. The smallest absolute Gasteiger partial charge is 0.335 e. The molecule has 0 aliphatic heterocycles. The predicted molar refractivity (Wildman–Crippen MR) is 67.4 cm³/mol. The minimum Gasteiger partial charge on any atom is -0.464 e. The molecule has 0 spiro atoms. The van der Waals surface area contributed by atoms with Crippen molar-refractivity contribution in [2.45, 2.75) is 39.1 Å². The lowest BCUT2D eigenvalue weighted by Gasteiger charge is -2.23. The first-order valence-corrected chi connectivity index (χ1v) is 8.75. The molecule has 0 radical (unpaired) electrons. The third-order valence-corrected chi connectivity index (χ3v) is 2.53. The number of allylic oxidation sites excluding steroid dienone is 1. The Morgan fingerprint density at radius 3 is 2.56 bits per heavy atom. The highest BCUT2D eigenvalue weighted by Crippen LogP contribution is 2.11. The second kappa shape index (κ2) is 7.26. The number of esters is 1. The molecule has 0 aliphatic rings. The quantitative estimate of drug-likeness (QED) is 0.420. The maximum absolute atomic E-state index is 11.6. The molecule has 0 aromatic carbocycles. The maximum atomic E-state index is 11.6. The maximum Gasteiger partial charge on any atom is 0.335 e. The van der Waals surface area contributed by atoms with Crippen molar-refractivity contribution >= 4 is 14.3 Å². The monoisotopic (exact) mass is 240 g/mol. The molecule has 0 N–H and O–H groups in total. The molecule has 0 fully saturated rings. The number of hydrogen-bond acceptors (Lipinski definition) is 3. The fourth-order valence-corrected chi connectivity index (χ4v) is 2.09. The third-order valence-electron chi connectivity index (χ3n) is 1.54. The van der Waals surface area contributed by atoms with Gasteiger partial charge in [-0.2, -0.15) is 0 Å². The molecule has 3 nitrogen and oxygen atoms in total. The van der Waals surface area contributed by atoms with Crippen LogP contribution in [0.2, 0.25) is 19.6 Å². The van der Waals surface area contributed by atoms with Gasteiger partial charge in [0.15, 0.2) is 14.4 Å². The fourth-order valence-electron chi connectivity index (χ4n) is 1.06. The summed E-state index contributed by atoms with van der Waals surface area (Å²) in [5, 5.41) is 0. The van der Waals surface area contributed by atoms with E-state index in [-0.39, 0.29) is 5.97 Å². The first kappa shape index (κ1) is 14.9. The largest absolute Gasteiger partial charge is 0.464 e. The molecule has 1 atom stereocenters. The van der Waals surface area contributed by atoms with E-state index in [2.05, 4.69) is 18.4 Å². The standard InChI is InChI=1S/C12H20O3Si/c1-6-8-9-10-11(12(13)14-7-2)15-16(3,4)5/h6,11H,1,7,10H2,2-5H3/t11-/m0/s1. The van der Waals surface area contributed by atoms with Gasteiger partial charge in [0.05, 0.1) is 6.61 Å². The van der Waals surface area contributed by atoms with Crippen molar-refractivity contribution in [3.63, 3.8) is 0 Å². The molecule has 0 rings (SSSR count). The lowest BCUT2D eigenvalue weighted by molar-refractivity contribution is -0.151. The lowest BCUT2D eigenvalue weighted by Crippen LogP contribution is -2.37. The average molecular weight is 240 g/mol. The van der Waals surface area contributed by atoms with E-state index in [4.69, 9.17) is 9.16 Å². The van der Waals surface area contributed by atoms with Crippen LogP contribution in [0.1, 0.15) is 13.3 Å². The van der Waals surface area contributed by atoms with Gasteiger partial charge in [-0.3, -0.25) is 0 Å². The van der Waals surface area contributed by atoms with E-state index in [0.29, 0.717) is 13.0 Å². The molecule has 0 bridgehead atoms. The second-order valence-electron chi connectivity index (χ2n) is 4.20. The fraction of sp³-hybridized carbons (Fsp3) is 0.583. The lowest BCUT2D eigenvalue weighted by atomic mass is 10.2. The van der Waals surface area contributed by atoms with Crippen LogP contribution in [-0.2, 0) is 14.0 Å². The van der Waals surface area contributed by atoms with Gasteiger partial charge in [0.1, 0.15) is 0 Å². The molecule has 0 heterocycles. The molecule has 16 heavy (non-hydrogen) atoms. The first-order valence-electron chi connectivity index (χ1n) is 5.34. The van der Waals surface area contributed by atoms with Gasteiger partial charge in [-0.05, 0) is 32.6 Å². The average Bonchev–Trinajstić information content (AvgIpc) is 2.15. The van der Waals surface area contributed by atoms with Crippen molar-refractivity contribution < 1.29 is 14.0 Å². The number of ether oxygens (including phenoxy) is 1. The van der Waals surface area contributed by atoms with Gasteiger partial charge in [0.2, 0.25) is 0 Å². The topological polar surface area (TPSA) is 35.5 Å². The Labute approximate surface area is 99.0 Å². The number of carbonyl (C=O) groups excluding carboxylic acids is 1. The van der Waals surface area contributed by atoms with Crippen molar-refractivity contribution in [1.82, 2.24) is 0 Å². The Bertz CT molecular complexity index is 294. The molecule has 0 saturated heterocycles. The van der Waals surface area contributed by atoms with Crippen molar-refractivity contribution in [2.24, 2.45) is 0 Å². The van der Waals surface area contributed by atoms with Crippen LogP contribution in [0.25, 0.3) is 0 Å². The predicted octanol–water partition coefficient (Wildman–Crippen LogP) is 2.35. The van der Waals surface area contributed by atoms with E-state index in [1.54, 1.807) is 6.92 Å². The van der Waals surface area contributed by atoms with Gasteiger partial charge in [-0.1, -0.05) is 18.4 Å². The highest BCUT2D eigenvalue weighted by atomic mass is 28.4. The summed E-state index contributed by atoms with van der Waals surface area (Å²) < 4.78 is 10.7. The van der Waals surface area contributed by atoms with Crippen molar-refractivity contribution in [3.05, 3.63) is 12.7 Å². The van der Waals surface area contributed by atoms with Gasteiger partial charge in [0.25, 0.3) is 0 Å². The minimum absolute atomic E-state index is 0.330. The summed E-state index contributed by atoms with van der Waals surface area (Å²) >= 11 is 0. The van der Waals surface area contributed by atoms with E-state index in [1.165, 1.54) is 6.08 Å². The summed E-state index contributed by atoms with van der Waals surface area (Å²) in [6.45, 7) is 11.7. The van der Waals surface area contributed by atoms with E-state index >= 15 is 0 Å². The van der Waals surface area contributed by atoms with E-state index in [0.717, 1.165) is 0 Å². The normalized spacial score (nSPS) is 12.2. The van der Waals surface area contributed by atoms with Crippen LogP contribution in [0.5, 0.6) is 0 Å². The van der Waals surface area contributed by atoms with Crippen LogP contribution in [0.4, 0.5) is 0 Å².